The number of hydrogen-bond acceptors (Lipinski definition) is 4. The van der Waals surface area contributed by atoms with E-state index in [1.807, 2.05) is 6.92 Å². The van der Waals surface area contributed by atoms with Gasteiger partial charge in [-0.25, -0.2) is 13.1 Å². The van der Waals surface area contributed by atoms with Gasteiger partial charge in [-0.3, -0.25) is 9.59 Å². The molecule has 0 saturated carbocycles. The van der Waals surface area contributed by atoms with Crippen molar-refractivity contribution in [1.82, 2.24) is 9.62 Å². The lowest BCUT2D eigenvalue weighted by Crippen LogP contribution is -2.43. The van der Waals surface area contributed by atoms with Gasteiger partial charge in [0.15, 0.2) is 0 Å². The fraction of sp³-hybridized carbons (Fsp3) is 0.500. The molecule has 0 unspecified atom stereocenters. The first-order valence-electron chi connectivity index (χ1n) is 7.86. The van der Waals surface area contributed by atoms with E-state index in [4.69, 9.17) is 5.11 Å². The van der Waals surface area contributed by atoms with Crippen molar-refractivity contribution < 1.29 is 23.1 Å². The third kappa shape index (κ3) is 4.78. The smallest absolute Gasteiger partial charge is 0.308 e. The topological polar surface area (TPSA) is 104 Å². The number of aliphatic carboxylic acids is 1. The first-order valence-corrected chi connectivity index (χ1v) is 9.35. The molecule has 1 aliphatic rings. The monoisotopic (exact) mass is 354 g/mol. The van der Waals surface area contributed by atoms with Crippen LogP contribution in [-0.2, 0) is 19.6 Å². The first kappa shape index (κ1) is 18.4. The van der Waals surface area contributed by atoms with Gasteiger partial charge in [-0.1, -0.05) is 17.7 Å². The second kappa shape index (κ2) is 7.76. The maximum Gasteiger partial charge on any atom is 0.308 e. The van der Waals surface area contributed by atoms with Gasteiger partial charge in [-0.2, -0.15) is 0 Å². The van der Waals surface area contributed by atoms with Crippen LogP contribution in [0.3, 0.4) is 0 Å². The molecule has 1 aromatic rings. The highest BCUT2D eigenvalue weighted by molar-refractivity contribution is 7.89. The number of piperidine rings is 1. The number of aryl methyl sites for hydroxylation is 1. The highest BCUT2D eigenvalue weighted by atomic mass is 32.2. The number of benzene rings is 1. The molecule has 1 saturated heterocycles. The fourth-order valence-corrected chi connectivity index (χ4v) is 3.69. The average Bonchev–Trinajstić information content (AvgIpc) is 2.55. The van der Waals surface area contributed by atoms with E-state index in [9.17, 15) is 18.0 Å². The van der Waals surface area contributed by atoms with Crippen LogP contribution in [0, 0.1) is 12.8 Å². The highest BCUT2D eigenvalue weighted by Gasteiger charge is 2.28. The number of nitrogens with one attached hydrogen (secondary N) is 1. The van der Waals surface area contributed by atoms with Crippen LogP contribution in [0.5, 0.6) is 0 Å². The standard InChI is InChI=1S/C16H22N2O5S/c1-12-4-6-14(7-5-12)24(22,23)17-9-8-15(19)18-10-2-3-13(11-18)16(20)21/h4-7,13,17H,2-3,8-11H2,1H3,(H,20,21)/t13-/m1/s1. The summed E-state index contributed by atoms with van der Waals surface area (Å²) in [7, 11) is -3.64. The molecule has 2 N–H and O–H groups in total. The van der Waals surface area contributed by atoms with Gasteiger partial charge in [-0.15, -0.1) is 0 Å². The number of carbonyl (C=O) groups is 2. The lowest BCUT2D eigenvalue weighted by molar-refractivity contribution is -0.145. The van der Waals surface area contributed by atoms with Gasteiger partial charge in [0.2, 0.25) is 15.9 Å². The van der Waals surface area contributed by atoms with Crippen LogP contribution in [0.4, 0.5) is 0 Å². The number of carboxylic acid groups (broad SMARTS) is 1. The molecule has 1 aromatic carbocycles. The predicted octanol–water partition coefficient (Wildman–Crippen LogP) is 0.987. The fourth-order valence-electron chi connectivity index (χ4n) is 2.66. The lowest BCUT2D eigenvalue weighted by atomic mass is 9.98. The minimum atomic E-state index is -3.64. The van der Waals surface area contributed by atoms with Crippen LogP contribution >= 0.6 is 0 Å². The van der Waals surface area contributed by atoms with Crippen molar-refractivity contribution in [3.8, 4) is 0 Å². The first-order chi connectivity index (χ1) is 11.3. The van der Waals surface area contributed by atoms with Gasteiger partial charge >= 0.3 is 5.97 Å². The zero-order valence-corrected chi connectivity index (χ0v) is 14.4. The van der Waals surface area contributed by atoms with Crippen molar-refractivity contribution >= 4 is 21.9 Å². The van der Waals surface area contributed by atoms with Gasteiger partial charge in [0.05, 0.1) is 10.8 Å². The summed E-state index contributed by atoms with van der Waals surface area (Å²) < 4.78 is 26.7. The number of nitrogens with zero attached hydrogens (tertiary/aromatic N) is 1. The van der Waals surface area contributed by atoms with Crippen LogP contribution < -0.4 is 4.72 Å². The molecule has 1 heterocycles. The number of amides is 1. The van der Waals surface area contributed by atoms with Crippen molar-refractivity contribution in [2.24, 2.45) is 5.92 Å². The molecular formula is C16H22N2O5S. The van der Waals surface area contributed by atoms with Gasteiger partial charge < -0.3 is 10.0 Å². The van der Waals surface area contributed by atoms with E-state index in [-0.39, 0.29) is 30.3 Å². The summed E-state index contributed by atoms with van der Waals surface area (Å²) in [6.45, 7) is 2.57. The number of likely N-dealkylation sites (tertiary alicyclic amines) is 1. The lowest BCUT2D eigenvalue weighted by Gasteiger charge is -2.30. The molecule has 7 nitrogen and oxygen atoms in total. The van der Waals surface area contributed by atoms with E-state index in [2.05, 4.69) is 4.72 Å². The Hall–Kier alpha value is -1.93. The van der Waals surface area contributed by atoms with Crippen LogP contribution in [-0.4, -0.2) is 49.9 Å². The number of carbonyl (C=O) groups excluding carboxylic acids is 1. The molecule has 132 valence electrons. The molecule has 24 heavy (non-hydrogen) atoms. The zero-order chi connectivity index (χ0) is 17.7. The Morgan fingerprint density at radius 3 is 2.58 bits per heavy atom. The van der Waals surface area contributed by atoms with Crippen molar-refractivity contribution in [2.75, 3.05) is 19.6 Å². The van der Waals surface area contributed by atoms with Crippen molar-refractivity contribution in [1.29, 1.82) is 0 Å². The minimum absolute atomic E-state index is 0.0106. The third-order valence-electron chi connectivity index (χ3n) is 4.09. The molecule has 0 bridgehead atoms. The van der Waals surface area contributed by atoms with Gasteiger partial charge in [0.1, 0.15) is 0 Å². The zero-order valence-electron chi connectivity index (χ0n) is 13.6. The average molecular weight is 354 g/mol. The number of carboxylic acids is 1. The number of hydrogen-bond donors (Lipinski definition) is 2. The molecule has 0 aliphatic carbocycles. The second-order valence-electron chi connectivity index (χ2n) is 5.98. The highest BCUT2D eigenvalue weighted by Crippen LogP contribution is 2.17. The molecule has 2 rings (SSSR count). The number of sulfonamides is 1. The molecule has 0 spiro atoms. The van der Waals surface area contributed by atoms with Gasteiger partial charge in [-0.05, 0) is 31.9 Å². The third-order valence-corrected chi connectivity index (χ3v) is 5.56. The predicted molar refractivity (Wildman–Crippen MR) is 87.9 cm³/mol. The summed E-state index contributed by atoms with van der Waals surface area (Å²) in [6.07, 6.45) is 1.23. The Bertz CT molecular complexity index is 700. The van der Waals surface area contributed by atoms with Crippen molar-refractivity contribution in [3.05, 3.63) is 29.8 Å². The summed E-state index contributed by atoms with van der Waals surface area (Å²) in [5.74, 6) is -1.66. The van der Waals surface area contributed by atoms with E-state index in [1.165, 1.54) is 17.0 Å². The molecule has 1 amide bonds. The Kier molecular flexibility index (Phi) is 5.95. The summed E-state index contributed by atoms with van der Waals surface area (Å²) in [6, 6.07) is 6.45. The normalized spacial score (nSPS) is 18.4. The molecule has 1 fully saturated rings. The maximum atomic E-state index is 12.1. The molecule has 1 aliphatic heterocycles. The SMILES string of the molecule is Cc1ccc(S(=O)(=O)NCCC(=O)N2CCC[C@@H](C(=O)O)C2)cc1. The van der Waals surface area contributed by atoms with E-state index in [0.29, 0.717) is 19.4 Å². The maximum absolute atomic E-state index is 12.1. The van der Waals surface area contributed by atoms with Gasteiger partial charge in [0, 0.05) is 26.1 Å². The van der Waals surface area contributed by atoms with Crippen LogP contribution in [0.1, 0.15) is 24.8 Å². The molecule has 0 radical (unpaired) electrons. The molecule has 8 heteroatoms. The second-order valence-corrected chi connectivity index (χ2v) is 7.74. The van der Waals surface area contributed by atoms with E-state index < -0.39 is 21.9 Å². The Morgan fingerprint density at radius 1 is 1.29 bits per heavy atom. The summed E-state index contributed by atoms with van der Waals surface area (Å²) in [4.78, 5) is 24.8. The van der Waals surface area contributed by atoms with E-state index in [0.717, 1.165) is 5.56 Å². The van der Waals surface area contributed by atoms with Crippen molar-refractivity contribution in [3.63, 3.8) is 0 Å². The minimum Gasteiger partial charge on any atom is -0.481 e. The molecular weight excluding hydrogens is 332 g/mol. The summed E-state index contributed by atoms with van der Waals surface area (Å²) in [5, 5.41) is 9.04. The van der Waals surface area contributed by atoms with Gasteiger partial charge in [0.25, 0.3) is 0 Å². The van der Waals surface area contributed by atoms with Crippen LogP contribution in [0.25, 0.3) is 0 Å². The molecule has 0 aromatic heterocycles. The quantitative estimate of drug-likeness (QED) is 0.793. The van der Waals surface area contributed by atoms with E-state index in [1.54, 1.807) is 12.1 Å². The summed E-state index contributed by atoms with van der Waals surface area (Å²) in [5.41, 5.74) is 0.960. The Morgan fingerprint density at radius 2 is 1.96 bits per heavy atom. The van der Waals surface area contributed by atoms with Crippen LogP contribution in [0.15, 0.2) is 29.2 Å². The van der Waals surface area contributed by atoms with E-state index >= 15 is 0 Å². The van der Waals surface area contributed by atoms with Crippen molar-refractivity contribution in [2.45, 2.75) is 31.1 Å². The van der Waals surface area contributed by atoms with Crippen LogP contribution in [0.2, 0.25) is 0 Å². The Balaban J connectivity index is 1.85. The summed E-state index contributed by atoms with van der Waals surface area (Å²) >= 11 is 0. The Labute approximate surface area is 141 Å². The molecule has 1 atom stereocenters. The largest absolute Gasteiger partial charge is 0.481 e. The number of rotatable bonds is 6.